The van der Waals surface area contributed by atoms with Gasteiger partial charge in [0.15, 0.2) is 11.5 Å². The van der Waals surface area contributed by atoms with Crippen LogP contribution in [0.2, 0.25) is 0 Å². The summed E-state index contributed by atoms with van der Waals surface area (Å²) in [6.07, 6.45) is 10.1. The highest BCUT2D eigenvalue weighted by Gasteiger charge is 2.53. The summed E-state index contributed by atoms with van der Waals surface area (Å²) in [6.45, 7) is 2.26. The Morgan fingerprint density at radius 1 is 1.09 bits per heavy atom. The molecule has 0 amide bonds. The molecule has 4 bridgehead atoms. The van der Waals surface area contributed by atoms with E-state index in [4.69, 9.17) is 14.5 Å². The van der Waals surface area contributed by atoms with Gasteiger partial charge in [-0.25, -0.2) is 4.79 Å². The van der Waals surface area contributed by atoms with E-state index in [1.165, 1.54) is 69.9 Å². The second-order valence-corrected chi connectivity index (χ2v) is 10.3. The van der Waals surface area contributed by atoms with E-state index in [0.29, 0.717) is 11.2 Å². The van der Waals surface area contributed by atoms with Gasteiger partial charge in [0.1, 0.15) is 0 Å². The van der Waals surface area contributed by atoms with Gasteiger partial charge >= 0.3 is 5.97 Å². The highest BCUT2D eigenvalue weighted by molar-refractivity contribution is 5.92. The van der Waals surface area contributed by atoms with Crippen molar-refractivity contribution >= 4 is 17.9 Å². The first kappa shape index (κ1) is 22.6. The average molecular weight is 463 g/mol. The van der Waals surface area contributed by atoms with Crippen LogP contribution in [-0.2, 0) is 0 Å². The number of rotatable bonds is 7. The maximum Gasteiger partial charge on any atom is 0.343 e. The molecule has 0 radical (unpaired) electrons. The van der Waals surface area contributed by atoms with Crippen molar-refractivity contribution in [2.75, 3.05) is 7.11 Å². The molecule has 2 aromatic carbocycles. The summed E-state index contributed by atoms with van der Waals surface area (Å²) in [6, 6.07) is 11.0. The molecule has 34 heavy (non-hydrogen) atoms. The number of ether oxygens (including phenoxy) is 2. The molecule has 7 heteroatoms. The fourth-order valence-corrected chi connectivity index (χ4v) is 6.80. The molecule has 0 spiro atoms. The third-order valence-corrected chi connectivity index (χ3v) is 8.10. The van der Waals surface area contributed by atoms with Crippen molar-refractivity contribution < 1.29 is 19.2 Å². The maximum atomic E-state index is 12.5. The minimum atomic E-state index is -0.682. The van der Waals surface area contributed by atoms with E-state index < -0.39 is 10.9 Å². The van der Waals surface area contributed by atoms with E-state index in [2.05, 4.69) is 6.92 Å². The van der Waals surface area contributed by atoms with Gasteiger partial charge in [-0.05, 0) is 98.4 Å². The molecule has 4 aliphatic carbocycles. The first-order valence-electron chi connectivity index (χ1n) is 12.0. The molecule has 0 N–H and O–H groups in total. The highest BCUT2D eigenvalue weighted by Crippen LogP contribution is 2.61. The lowest BCUT2D eigenvalue weighted by Crippen LogP contribution is -2.50. The molecular formula is C27H30N2O5. The van der Waals surface area contributed by atoms with Crippen LogP contribution >= 0.6 is 0 Å². The Hall–Kier alpha value is -3.22. The molecule has 1 atom stereocenters. The minimum absolute atomic E-state index is 0.103. The van der Waals surface area contributed by atoms with E-state index in [1.54, 1.807) is 12.1 Å². The van der Waals surface area contributed by atoms with E-state index in [0.717, 1.165) is 23.3 Å². The number of nitro groups is 1. The van der Waals surface area contributed by atoms with Gasteiger partial charge in [0, 0.05) is 18.3 Å². The third kappa shape index (κ3) is 4.31. The van der Waals surface area contributed by atoms with Gasteiger partial charge in [0.2, 0.25) is 0 Å². The van der Waals surface area contributed by atoms with E-state index in [1.807, 2.05) is 12.3 Å². The number of carbonyl (C=O) groups excluding carboxylic acids is 1. The summed E-state index contributed by atoms with van der Waals surface area (Å²) < 4.78 is 10.9. The van der Waals surface area contributed by atoms with Gasteiger partial charge in [-0.3, -0.25) is 15.1 Å². The van der Waals surface area contributed by atoms with Crippen LogP contribution in [0.25, 0.3) is 0 Å². The second kappa shape index (κ2) is 8.85. The van der Waals surface area contributed by atoms with Crippen LogP contribution in [0, 0.1) is 33.3 Å². The fraction of sp³-hybridized carbons (Fsp3) is 0.481. The minimum Gasteiger partial charge on any atom is -0.493 e. The summed E-state index contributed by atoms with van der Waals surface area (Å²) in [5.41, 5.74) is 1.17. The van der Waals surface area contributed by atoms with Crippen LogP contribution in [0.4, 0.5) is 5.69 Å². The smallest absolute Gasteiger partial charge is 0.343 e. The maximum absolute atomic E-state index is 12.5. The molecule has 178 valence electrons. The number of hydrogen-bond acceptors (Lipinski definition) is 6. The van der Waals surface area contributed by atoms with Crippen molar-refractivity contribution in [1.82, 2.24) is 0 Å². The van der Waals surface area contributed by atoms with Crippen LogP contribution in [0.15, 0.2) is 47.5 Å². The topological polar surface area (TPSA) is 91.0 Å². The van der Waals surface area contributed by atoms with Crippen molar-refractivity contribution in [1.29, 1.82) is 0 Å². The van der Waals surface area contributed by atoms with Gasteiger partial charge in [0.25, 0.3) is 5.69 Å². The summed E-state index contributed by atoms with van der Waals surface area (Å²) >= 11 is 0. The van der Waals surface area contributed by atoms with Crippen molar-refractivity contribution in [3.63, 3.8) is 0 Å². The average Bonchev–Trinajstić information content (AvgIpc) is 2.82. The quantitative estimate of drug-likeness (QED) is 0.169. The van der Waals surface area contributed by atoms with Crippen LogP contribution in [0.5, 0.6) is 11.5 Å². The van der Waals surface area contributed by atoms with Crippen LogP contribution in [0.3, 0.4) is 0 Å². The molecule has 4 fully saturated rings. The number of benzene rings is 2. The van der Waals surface area contributed by atoms with E-state index in [9.17, 15) is 14.9 Å². The van der Waals surface area contributed by atoms with Crippen LogP contribution in [0.1, 0.15) is 61.4 Å². The lowest BCUT2D eigenvalue weighted by Gasteiger charge is -2.58. The molecule has 6 rings (SSSR count). The molecule has 0 saturated heterocycles. The molecule has 4 saturated carbocycles. The van der Waals surface area contributed by atoms with Gasteiger partial charge in [-0.1, -0.05) is 6.07 Å². The number of hydrogen-bond donors (Lipinski definition) is 0. The van der Waals surface area contributed by atoms with Crippen molar-refractivity contribution in [2.24, 2.45) is 28.2 Å². The fourth-order valence-electron chi connectivity index (χ4n) is 6.80. The van der Waals surface area contributed by atoms with Crippen molar-refractivity contribution in [3.8, 4) is 11.5 Å². The van der Waals surface area contributed by atoms with Crippen molar-refractivity contribution in [3.05, 3.63) is 63.7 Å². The lowest BCUT2D eigenvalue weighted by molar-refractivity contribution is -0.384. The van der Waals surface area contributed by atoms with E-state index >= 15 is 0 Å². The first-order chi connectivity index (χ1) is 16.3. The number of methoxy groups -OCH3 is 1. The number of non-ortho nitro benzene ring substituents is 1. The molecule has 0 aliphatic heterocycles. The Labute approximate surface area is 199 Å². The highest BCUT2D eigenvalue weighted by atomic mass is 16.6. The van der Waals surface area contributed by atoms with Crippen molar-refractivity contribution in [2.45, 2.75) is 51.5 Å². The molecule has 2 aromatic rings. The predicted molar refractivity (Wildman–Crippen MR) is 129 cm³/mol. The Morgan fingerprint density at radius 2 is 1.76 bits per heavy atom. The molecule has 1 unspecified atom stereocenters. The molecule has 0 heterocycles. The van der Waals surface area contributed by atoms with Gasteiger partial charge in [-0.15, -0.1) is 0 Å². The molecule has 4 aliphatic rings. The van der Waals surface area contributed by atoms with Gasteiger partial charge in [0.05, 0.1) is 23.6 Å². The number of aliphatic imine (C=N–C) groups is 1. The van der Waals surface area contributed by atoms with E-state index in [-0.39, 0.29) is 23.0 Å². The van der Waals surface area contributed by atoms with Crippen LogP contribution < -0.4 is 9.47 Å². The standard InChI is InChI=1S/C27H30N2O5/c1-17(27-13-19-8-20(14-27)10-21(9-19)15-27)28-16-18-6-7-24(25(11-18)33-2)34-26(30)22-4-3-5-23(12-22)29(31)32/h3-7,11-12,16-17,19-21H,8-10,13-15H2,1-2H3. The molecule has 7 nitrogen and oxygen atoms in total. The summed E-state index contributed by atoms with van der Waals surface area (Å²) in [4.78, 5) is 27.9. The van der Waals surface area contributed by atoms with Gasteiger partial charge in [-0.2, -0.15) is 0 Å². The predicted octanol–water partition coefficient (Wildman–Crippen LogP) is 5.85. The zero-order valence-corrected chi connectivity index (χ0v) is 19.6. The Bertz CT molecular complexity index is 1110. The number of esters is 1. The molecular weight excluding hydrogens is 432 g/mol. The first-order valence-corrected chi connectivity index (χ1v) is 12.0. The summed E-state index contributed by atoms with van der Waals surface area (Å²) in [5.74, 6) is 2.66. The number of carbonyl (C=O) groups is 1. The zero-order valence-electron chi connectivity index (χ0n) is 19.6. The normalized spacial score (nSPS) is 28.1. The lowest BCUT2D eigenvalue weighted by atomic mass is 9.48. The SMILES string of the molecule is COc1cc(C=NC(C)C23CC4CC(CC(C4)C2)C3)ccc1OC(=O)c1cccc([N+](=O)[O-])c1. The Morgan fingerprint density at radius 3 is 2.38 bits per heavy atom. The third-order valence-electron chi connectivity index (χ3n) is 8.10. The molecule has 0 aromatic heterocycles. The number of nitro benzene ring substituents is 1. The Kier molecular flexibility index (Phi) is 5.88. The zero-order chi connectivity index (χ0) is 23.9. The van der Waals surface area contributed by atoms with Crippen LogP contribution in [-0.4, -0.2) is 30.3 Å². The Balaban J connectivity index is 1.29. The largest absolute Gasteiger partial charge is 0.493 e. The summed E-state index contributed by atoms with van der Waals surface area (Å²) in [5, 5.41) is 11.0. The second-order valence-electron chi connectivity index (χ2n) is 10.3. The summed E-state index contributed by atoms with van der Waals surface area (Å²) in [7, 11) is 1.51. The monoisotopic (exact) mass is 462 g/mol. The van der Waals surface area contributed by atoms with Gasteiger partial charge < -0.3 is 9.47 Å². The number of nitrogens with zero attached hydrogens (tertiary/aromatic N) is 2.